The lowest BCUT2D eigenvalue weighted by Crippen LogP contribution is -2.36. The lowest BCUT2D eigenvalue weighted by Gasteiger charge is -2.16. The fraction of sp³-hybridized carbons (Fsp3) is 0.400. The summed E-state index contributed by atoms with van der Waals surface area (Å²) in [4.78, 5) is 12.4. The topological polar surface area (TPSA) is 63.6 Å². The van der Waals surface area contributed by atoms with Crippen molar-refractivity contribution in [1.29, 1.82) is 5.26 Å². The predicted octanol–water partition coefficient (Wildman–Crippen LogP) is 2.17. The number of nitrogens with zero attached hydrogens (tertiary/aromatic N) is 4. The highest BCUT2D eigenvalue weighted by Crippen LogP contribution is 2.14. The van der Waals surface area contributed by atoms with Gasteiger partial charge in [0.05, 0.1) is 23.7 Å². The van der Waals surface area contributed by atoms with E-state index in [-0.39, 0.29) is 12.2 Å². The molecule has 0 aliphatic carbocycles. The van der Waals surface area contributed by atoms with Crippen LogP contribution in [0.3, 0.4) is 0 Å². The molecule has 6 heteroatoms. The van der Waals surface area contributed by atoms with Gasteiger partial charge in [-0.25, -0.2) is 13.9 Å². The first kappa shape index (κ1) is 15.0. The number of rotatable bonds is 2. The minimum absolute atomic E-state index is 0.126. The van der Waals surface area contributed by atoms with E-state index in [1.165, 1.54) is 27.4 Å². The number of aryl methyl sites for hydroxylation is 1. The van der Waals surface area contributed by atoms with E-state index in [1.807, 2.05) is 26.8 Å². The standard InChI is InChI=1S/C15H17FN4O/c1-10-18-20(15(2,3)4)14(21)19(10)9-12-7-13(16)6-5-11(12)8-17/h5-7H,9H2,1-4H3. The predicted molar refractivity (Wildman–Crippen MR) is 76.4 cm³/mol. The number of hydrogen-bond donors (Lipinski definition) is 0. The van der Waals surface area contributed by atoms with Gasteiger partial charge >= 0.3 is 5.69 Å². The molecule has 0 saturated heterocycles. The lowest BCUT2D eigenvalue weighted by atomic mass is 10.1. The van der Waals surface area contributed by atoms with E-state index < -0.39 is 11.4 Å². The van der Waals surface area contributed by atoms with Gasteiger partial charge in [0.25, 0.3) is 0 Å². The van der Waals surface area contributed by atoms with Crippen LogP contribution in [0.2, 0.25) is 0 Å². The monoisotopic (exact) mass is 288 g/mol. The van der Waals surface area contributed by atoms with Crippen LogP contribution in [0.4, 0.5) is 4.39 Å². The van der Waals surface area contributed by atoms with Crippen LogP contribution >= 0.6 is 0 Å². The first-order chi connectivity index (χ1) is 9.74. The molecular weight excluding hydrogens is 271 g/mol. The molecule has 0 aliphatic rings. The van der Waals surface area contributed by atoms with Gasteiger partial charge in [-0.2, -0.15) is 10.4 Å². The van der Waals surface area contributed by atoms with Crippen molar-refractivity contribution in [1.82, 2.24) is 14.3 Å². The normalized spacial score (nSPS) is 11.4. The third-order valence-electron chi connectivity index (χ3n) is 3.20. The van der Waals surface area contributed by atoms with Crippen molar-refractivity contribution in [3.8, 4) is 6.07 Å². The van der Waals surface area contributed by atoms with Gasteiger partial charge in [-0.3, -0.25) is 4.57 Å². The number of nitriles is 1. The van der Waals surface area contributed by atoms with Crippen molar-refractivity contribution < 1.29 is 4.39 Å². The highest BCUT2D eigenvalue weighted by Gasteiger charge is 2.21. The summed E-state index contributed by atoms with van der Waals surface area (Å²) in [5, 5.41) is 13.3. The minimum Gasteiger partial charge on any atom is -0.275 e. The molecule has 2 aromatic rings. The van der Waals surface area contributed by atoms with Gasteiger partial charge < -0.3 is 0 Å². The molecule has 0 fully saturated rings. The summed E-state index contributed by atoms with van der Waals surface area (Å²) < 4.78 is 16.2. The van der Waals surface area contributed by atoms with Crippen LogP contribution in [-0.2, 0) is 12.1 Å². The third-order valence-corrected chi connectivity index (χ3v) is 3.20. The maximum atomic E-state index is 13.4. The summed E-state index contributed by atoms with van der Waals surface area (Å²) in [5.41, 5.74) is 0.114. The molecule has 0 spiro atoms. The molecule has 2 rings (SSSR count). The Morgan fingerprint density at radius 3 is 2.57 bits per heavy atom. The Bertz CT molecular complexity index is 774. The Balaban J connectivity index is 2.52. The second kappa shape index (κ2) is 5.17. The zero-order chi connectivity index (χ0) is 15.8. The van der Waals surface area contributed by atoms with Crippen molar-refractivity contribution >= 4 is 0 Å². The summed E-state index contributed by atoms with van der Waals surface area (Å²) in [6.45, 7) is 7.49. The average molecular weight is 288 g/mol. The molecule has 0 radical (unpaired) electrons. The van der Waals surface area contributed by atoms with Crippen molar-refractivity contribution in [2.45, 2.75) is 39.8 Å². The number of benzene rings is 1. The van der Waals surface area contributed by atoms with Crippen LogP contribution in [0.15, 0.2) is 23.0 Å². The van der Waals surface area contributed by atoms with Crippen molar-refractivity contribution in [2.75, 3.05) is 0 Å². The molecule has 0 saturated carbocycles. The fourth-order valence-electron chi connectivity index (χ4n) is 2.09. The summed E-state index contributed by atoms with van der Waals surface area (Å²) in [6.07, 6.45) is 0. The summed E-state index contributed by atoms with van der Waals surface area (Å²) in [5.74, 6) is 0.0981. The smallest absolute Gasteiger partial charge is 0.275 e. The molecule has 5 nitrogen and oxygen atoms in total. The van der Waals surface area contributed by atoms with Gasteiger partial charge in [0.15, 0.2) is 0 Å². The quantitative estimate of drug-likeness (QED) is 0.850. The highest BCUT2D eigenvalue weighted by atomic mass is 19.1. The zero-order valence-electron chi connectivity index (χ0n) is 12.5. The molecule has 0 bridgehead atoms. The van der Waals surface area contributed by atoms with E-state index in [9.17, 15) is 9.18 Å². The maximum Gasteiger partial charge on any atom is 0.346 e. The fourth-order valence-corrected chi connectivity index (χ4v) is 2.09. The van der Waals surface area contributed by atoms with Gasteiger partial charge in [-0.15, -0.1) is 0 Å². The zero-order valence-corrected chi connectivity index (χ0v) is 12.5. The van der Waals surface area contributed by atoms with E-state index in [1.54, 1.807) is 6.92 Å². The molecule has 0 atom stereocenters. The molecular formula is C15H17FN4O. The summed E-state index contributed by atoms with van der Waals surface area (Å²) in [7, 11) is 0. The van der Waals surface area contributed by atoms with E-state index in [4.69, 9.17) is 5.26 Å². The third kappa shape index (κ3) is 2.87. The number of hydrogen-bond acceptors (Lipinski definition) is 3. The van der Waals surface area contributed by atoms with E-state index in [2.05, 4.69) is 5.10 Å². The second-order valence-corrected chi connectivity index (χ2v) is 5.91. The van der Waals surface area contributed by atoms with Gasteiger partial charge in [0, 0.05) is 0 Å². The molecule has 1 heterocycles. The molecule has 1 aromatic heterocycles. The lowest BCUT2D eigenvalue weighted by molar-refractivity contribution is 0.340. The van der Waals surface area contributed by atoms with Crippen LogP contribution in [0, 0.1) is 24.1 Å². The molecule has 21 heavy (non-hydrogen) atoms. The largest absolute Gasteiger partial charge is 0.346 e. The average Bonchev–Trinajstić information content (AvgIpc) is 2.67. The Morgan fingerprint density at radius 1 is 1.38 bits per heavy atom. The second-order valence-electron chi connectivity index (χ2n) is 5.91. The molecule has 1 aromatic carbocycles. The van der Waals surface area contributed by atoms with Crippen molar-refractivity contribution in [3.05, 3.63) is 51.5 Å². The van der Waals surface area contributed by atoms with Crippen LogP contribution in [0.1, 0.15) is 37.7 Å². The summed E-state index contributed by atoms with van der Waals surface area (Å²) >= 11 is 0. The van der Waals surface area contributed by atoms with Crippen LogP contribution in [-0.4, -0.2) is 14.3 Å². The van der Waals surface area contributed by atoms with Gasteiger partial charge in [0.2, 0.25) is 0 Å². The van der Waals surface area contributed by atoms with Crippen LogP contribution in [0.25, 0.3) is 0 Å². The first-order valence-corrected chi connectivity index (χ1v) is 6.59. The van der Waals surface area contributed by atoms with E-state index >= 15 is 0 Å². The Hall–Kier alpha value is -2.42. The van der Waals surface area contributed by atoms with E-state index in [0.29, 0.717) is 17.0 Å². The molecule has 110 valence electrons. The van der Waals surface area contributed by atoms with Gasteiger partial charge in [-0.05, 0) is 51.5 Å². The number of halogens is 1. The van der Waals surface area contributed by atoms with Gasteiger partial charge in [-0.1, -0.05) is 0 Å². The molecule has 0 amide bonds. The van der Waals surface area contributed by atoms with Gasteiger partial charge in [0.1, 0.15) is 11.6 Å². The van der Waals surface area contributed by atoms with Crippen LogP contribution < -0.4 is 5.69 Å². The molecule has 0 N–H and O–H groups in total. The molecule has 0 unspecified atom stereocenters. The number of aromatic nitrogens is 3. The Labute approximate surface area is 122 Å². The van der Waals surface area contributed by atoms with E-state index in [0.717, 1.165) is 0 Å². The van der Waals surface area contributed by atoms with Crippen molar-refractivity contribution in [3.63, 3.8) is 0 Å². The molecule has 0 aliphatic heterocycles. The van der Waals surface area contributed by atoms with Crippen LogP contribution in [0.5, 0.6) is 0 Å². The van der Waals surface area contributed by atoms with Crippen molar-refractivity contribution in [2.24, 2.45) is 0 Å². The Morgan fingerprint density at radius 2 is 2.05 bits per heavy atom. The first-order valence-electron chi connectivity index (χ1n) is 6.59. The minimum atomic E-state index is -0.437. The Kier molecular flexibility index (Phi) is 3.69. The SMILES string of the molecule is Cc1nn(C(C)(C)C)c(=O)n1Cc1cc(F)ccc1C#N. The summed E-state index contributed by atoms with van der Waals surface area (Å²) in [6, 6.07) is 5.93. The maximum absolute atomic E-state index is 13.4. The highest BCUT2D eigenvalue weighted by molar-refractivity contribution is 5.38.